The van der Waals surface area contributed by atoms with Crippen molar-refractivity contribution in [2.24, 2.45) is 16.6 Å². The Bertz CT molecular complexity index is 888. The zero-order chi connectivity index (χ0) is 17.8. The number of hydrogen-bond acceptors (Lipinski definition) is 5. The predicted octanol–water partition coefficient (Wildman–Crippen LogP) is 1.77. The van der Waals surface area contributed by atoms with Gasteiger partial charge in [-0.25, -0.2) is 4.98 Å². The lowest BCUT2D eigenvalue weighted by atomic mass is 9.98. The fraction of sp³-hybridized carbons (Fsp3) is 0.333. The molecule has 0 amide bonds. The highest BCUT2D eigenvalue weighted by Crippen LogP contribution is 2.24. The Hall–Kier alpha value is -3.16. The summed E-state index contributed by atoms with van der Waals surface area (Å²) in [6.07, 6.45) is 7.58. The van der Waals surface area contributed by atoms with E-state index >= 15 is 0 Å². The van der Waals surface area contributed by atoms with Crippen molar-refractivity contribution < 1.29 is 0 Å². The number of benzene rings is 1. The second-order valence-electron chi connectivity index (χ2n) is 6.48. The number of piperidine rings is 1. The number of para-hydroxylation sites is 1. The second kappa shape index (κ2) is 7.38. The monoisotopic (exact) mass is 350 g/mol. The first-order chi connectivity index (χ1) is 12.8. The second-order valence-corrected chi connectivity index (χ2v) is 6.48. The van der Waals surface area contributed by atoms with E-state index in [1.54, 1.807) is 12.5 Å². The van der Waals surface area contributed by atoms with Crippen molar-refractivity contribution >= 4 is 23.1 Å². The van der Waals surface area contributed by atoms with E-state index in [1.165, 1.54) is 0 Å². The van der Waals surface area contributed by atoms with Crippen molar-refractivity contribution in [2.45, 2.75) is 12.8 Å². The van der Waals surface area contributed by atoms with Crippen molar-refractivity contribution in [3.8, 4) is 0 Å². The molecular formula is C18H22N8. The molecule has 3 aromatic rings. The van der Waals surface area contributed by atoms with Gasteiger partial charge in [0, 0.05) is 37.7 Å². The summed E-state index contributed by atoms with van der Waals surface area (Å²) >= 11 is 0. The lowest BCUT2D eigenvalue weighted by Crippen LogP contribution is -2.38. The topological polar surface area (TPSA) is 96.7 Å². The molecule has 1 unspecified atom stereocenters. The van der Waals surface area contributed by atoms with Gasteiger partial charge in [0.05, 0.1) is 0 Å². The Morgan fingerprint density at radius 1 is 1.31 bits per heavy atom. The van der Waals surface area contributed by atoms with Gasteiger partial charge in [-0.2, -0.15) is 0 Å². The van der Waals surface area contributed by atoms with E-state index in [9.17, 15) is 0 Å². The minimum absolute atomic E-state index is 0.435. The van der Waals surface area contributed by atoms with Gasteiger partial charge >= 0.3 is 0 Å². The number of nitrogens with one attached hydrogen (secondary N) is 1. The average Bonchev–Trinajstić information content (AvgIpc) is 3.16. The molecule has 134 valence electrons. The quantitative estimate of drug-likeness (QED) is 0.550. The minimum atomic E-state index is 0.435. The smallest absolute Gasteiger partial charge is 0.203 e. The first kappa shape index (κ1) is 16.3. The first-order valence-electron chi connectivity index (χ1n) is 8.81. The Morgan fingerprint density at radius 2 is 2.19 bits per heavy atom. The molecule has 0 spiro atoms. The van der Waals surface area contributed by atoms with Crippen LogP contribution in [-0.4, -0.2) is 45.2 Å². The van der Waals surface area contributed by atoms with Gasteiger partial charge in [0.15, 0.2) is 11.8 Å². The standard InChI is InChI=1S/C18H22N8/c19-18(23-15-6-2-1-3-7-15)21-11-14-5-4-9-25(12-14)16-17-24-22-13-26(17)10-8-20-16/h1-3,6-8,10,13-14H,4-5,9,11-12H2,(H3,19,21,23). The number of guanidine groups is 1. The van der Waals surface area contributed by atoms with Crippen LogP contribution in [0.15, 0.2) is 54.0 Å². The first-order valence-corrected chi connectivity index (χ1v) is 8.81. The number of nitrogens with zero attached hydrogens (tertiary/aromatic N) is 6. The third-order valence-electron chi connectivity index (χ3n) is 4.58. The molecule has 1 aliphatic heterocycles. The highest BCUT2D eigenvalue weighted by atomic mass is 15.3. The fourth-order valence-electron chi connectivity index (χ4n) is 3.31. The van der Waals surface area contributed by atoms with Crippen molar-refractivity contribution in [1.29, 1.82) is 0 Å². The Morgan fingerprint density at radius 3 is 3.08 bits per heavy atom. The highest BCUT2D eigenvalue weighted by Gasteiger charge is 2.23. The van der Waals surface area contributed by atoms with Gasteiger partial charge < -0.3 is 16.0 Å². The molecule has 2 aromatic heterocycles. The summed E-state index contributed by atoms with van der Waals surface area (Å²) in [4.78, 5) is 11.3. The van der Waals surface area contributed by atoms with Gasteiger partial charge in [0.2, 0.25) is 5.65 Å². The predicted molar refractivity (Wildman–Crippen MR) is 102 cm³/mol. The largest absolute Gasteiger partial charge is 0.370 e. The zero-order valence-electron chi connectivity index (χ0n) is 14.5. The molecule has 26 heavy (non-hydrogen) atoms. The van der Waals surface area contributed by atoms with E-state index in [0.717, 1.165) is 43.1 Å². The molecule has 0 radical (unpaired) electrons. The summed E-state index contributed by atoms with van der Waals surface area (Å²) in [5, 5.41) is 11.3. The summed E-state index contributed by atoms with van der Waals surface area (Å²) in [7, 11) is 0. The number of rotatable bonds is 4. The highest BCUT2D eigenvalue weighted by molar-refractivity contribution is 5.92. The molecule has 8 heteroatoms. The number of hydrogen-bond donors (Lipinski definition) is 2. The van der Waals surface area contributed by atoms with Crippen LogP contribution in [0.3, 0.4) is 0 Å². The van der Waals surface area contributed by atoms with Gasteiger partial charge in [-0.1, -0.05) is 18.2 Å². The molecule has 1 saturated heterocycles. The van der Waals surface area contributed by atoms with E-state index in [1.807, 2.05) is 40.9 Å². The van der Waals surface area contributed by atoms with Gasteiger partial charge in [-0.15, -0.1) is 10.2 Å². The van der Waals surface area contributed by atoms with Gasteiger partial charge in [0.25, 0.3) is 0 Å². The summed E-state index contributed by atoms with van der Waals surface area (Å²) in [6.45, 7) is 2.55. The molecule has 8 nitrogen and oxygen atoms in total. The van der Waals surface area contributed by atoms with Crippen LogP contribution in [-0.2, 0) is 0 Å². The van der Waals surface area contributed by atoms with E-state index in [4.69, 9.17) is 5.73 Å². The third-order valence-corrected chi connectivity index (χ3v) is 4.58. The van der Waals surface area contributed by atoms with Crippen LogP contribution in [0.4, 0.5) is 11.5 Å². The van der Waals surface area contributed by atoms with Gasteiger partial charge in [-0.05, 0) is 30.9 Å². The lowest BCUT2D eigenvalue weighted by Gasteiger charge is -2.32. The molecule has 3 heterocycles. The number of aromatic nitrogens is 4. The molecule has 4 rings (SSSR count). The SMILES string of the molecule is NC(=NCC1CCCN(c2nccn3cnnc23)C1)Nc1ccccc1. The van der Waals surface area contributed by atoms with Gasteiger partial charge in [-0.3, -0.25) is 9.39 Å². The number of nitrogens with two attached hydrogens (primary N) is 1. The van der Waals surface area contributed by atoms with Crippen molar-refractivity contribution in [1.82, 2.24) is 19.6 Å². The molecule has 1 atom stereocenters. The van der Waals surface area contributed by atoms with Gasteiger partial charge in [0.1, 0.15) is 6.33 Å². The van der Waals surface area contributed by atoms with Crippen molar-refractivity contribution in [3.05, 3.63) is 49.1 Å². The Balaban J connectivity index is 1.41. The molecule has 3 N–H and O–H groups in total. The summed E-state index contributed by atoms with van der Waals surface area (Å²) in [5.74, 6) is 1.77. The van der Waals surface area contributed by atoms with Crippen molar-refractivity contribution in [3.63, 3.8) is 0 Å². The van der Waals surface area contributed by atoms with Crippen LogP contribution in [0.5, 0.6) is 0 Å². The normalized spacial score (nSPS) is 18.2. The fourth-order valence-corrected chi connectivity index (χ4v) is 3.31. The van der Waals surface area contributed by atoms with Crippen LogP contribution < -0.4 is 16.0 Å². The van der Waals surface area contributed by atoms with Crippen molar-refractivity contribution in [2.75, 3.05) is 29.9 Å². The summed E-state index contributed by atoms with van der Waals surface area (Å²) in [6, 6.07) is 9.84. The van der Waals surface area contributed by atoms with E-state index in [-0.39, 0.29) is 0 Å². The lowest BCUT2D eigenvalue weighted by molar-refractivity contribution is 0.422. The maximum atomic E-state index is 6.02. The minimum Gasteiger partial charge on any atom is -0.370 e. The van der Waals surface area contributed by atoms with Crippen LogP contribution >= 0.6 is 0 Å². The van der Waals surface area contributed by atoms with Crippen LogP contribution in [0.2, 0.25) is 0 Å². The maximum absolute atomic E-state index is 6.02. The zero-order valence-corrected chi connectivity index (χ0v) is 14.5. The summed E-state index contributed by atoms with van der Waals surface area (Å²) < 4.78 is 1.89. The molecule has 1 fully saturated rings. The van der Waals surface area contributed by atoms with Crippen LogP contribution in [0.25, 0.3) is 5.65 Å². The van der Waals surface area contributed by atoms with Crippen LogP contribution in [0, 0.1) is 5.92 Å². The molecule has 1 aromatic carbocycles. The molecule has 1 aliphatic rings. The number of aliphatic imine (C=N–C) groups is 1. The average molecular weight is 350 g/mol. The Labute approximate surface area is 151 Å². The Kier molecular flexibility index (Phi) is 4.63. The number of fused-ring (bicyclic) bond motifs is 1. The molecule has 0 bridgehead atoms. The molecule has 0 aliphatic carbocycles. The van der Waals surface area contributed by atoms with Crippen LogP contribution in [0.1, 0.15) is 12.8 Å². The molecule has 0 saturated carbocycles. The molecular weight excluding hydrogens is 328 g/mol. The van der Waals surface area contributed by atoms with E-state index < -0.39 is 0 Å². The summed E-state index contributed by atoms with van der Waals surface area (Å²) in [5.41, 5.74) is 7.76. The number of anilines is 2. The third kappa shape index (κ3) is 3.58. The van der Waals surface area contributed by atoms with E-state index in [2.05, 4.69) is 30.4 Å². The maximum Gasteiger partial charge on any atom is 0.203 e. The van der Waals surface area contributed by atoms with E-state index in [0.29, 0.717) is 18.4 Å².